The number of aryl methyl sites for hydroxylation is 2. The van der Waals surface area contributed by atoms with Crippen molar-refractivity contribution < 1.29 is 4.74 Å². The van der Waals surface area contributed by atoms with E-state index in [0.29, 0.717) is 0 Å². The lowest BCUT2D eigenvalue weighted by Gasteiger charge is -2.21. The average Bonchev–Trinajstić information content (AvgIpc) is 3.34. The van der Waals surface area contributed by atoms with E-state index in [1.54, 1.807) is 18.4 Å². The molecule has 0 saturated heterocycles. The van der Waals surface area contributed by atoms with E-state index in [1.165, 1.54) is 11.1 Å². The van der Waals surface area contributed by atoms with Gasteiger partial charge in [0.25, 0.3) is 0 Å². The summed E-state index contributed by atoms with van der Waals surface area (Å²) in [5.41, 5.74) is 5.86. The van der Waals surface area contributed by atoms with Crippen LogP contribution in [0.15, 0.2) is 59.0 Å². The van der Waals surface area contributed by atoms with Crippen molar-refractivity contribution in [1.82, 2.24) is 4.98 Å². The molecule has 0 spiro atoms. The fourth-order valence-electron chi connectivity index (χ4n) is 3.33. The highest BCUT2D eigenvalue weighted by Crippen LogP contribution is 2.38. The molecular formula is C22H23N3OS. The monoisotopic (exact) mass is 377 g/mol. The van der Waals surface area contributed by atoms with Crippen molar-refractivity contribution in [1.29, 1.82) is 0 Å². The van der Waals surface area contributed by atoms with Gasteiger partial charge in [-0.1, -0.05) is 31.2 Å². The molecular weight excluding hydrogens is 354 g/mol. The number of hydrazone groups is 1. The number of ether oxygens (including phenoxy) is 1. The molecule has 0 bridgehead atoms. The summed E-state index contributed by atoms with van der Waals surface area (Å²) in [7, 11) is 1.69. The zero-order chi connectivity index (χ0) is 18.8. The van der Waals surface area contributed by atoms with Crippen molar-refractivity contribution >= 4 is 22.2 Å². The lowest BCUT2D eigenvalue weighted by molar-refractivity contribution is 0.415. The van der Waals surface area contributed by atoms with Crippen LogP contribution in [0.5, 0.6) is 5.75 Å². The van der Waals surface area contributed by atoms with Crippen LogP contribution < -0.4 is 9.75 Å². The number of benzene rings is 2. The standard InChI is InChI=1S/C22H23N3OS/c1-4-16-5-7-18(8-6-16)21-13-20(17-9-11-19(26-3)12-10-17)24-25(21)22-23-15(2)14-27-22/h5-12,14,21H,4,13H2,1-3H3. The second kappa shape index (κ2) is 7.53. The first-order valence-electron chi connectivity index (χ1n) is 9.20. The summed E-state index contributed by atoms with van der Waals surface area (Å²) >= 11 is 1.64. The molecule has 0 fully saturated rings. The Kier molecular flexibility index (Phi) is 4.94. The van der Waals surface area contributed by atoms with E-state index in [0.717, 1.165) is 40.7 Å². The molecule has 5 heteroatoms. The molecule has 1 unspecified atom stereocenters. The van der Waals surface area contributed by atoms with Gasteiger partial charge in [-0.25, -0.2) is 9.99 Å². The van der Waals surface area contributed by atoms with Crippen molar-refractivity contribution in [3.8, 4) is 5.75 Å². The number of aromatic nitrogens is 1. The fourth-order valence-corrected chi connectivity index (χ4v) is 4.13. The molecule has 4 rings (SSSR count). The molecule has 2 aromatic carbocycles. The zero-order valence-electron chi connectivity index (χ0n) is 15.8. The van der Waals surface area contributed by atoms with Gasteiger partial charge in [0.2, 0.25) is 5.13 Å². The van der Waals surface area contributed by atoms with E-state index < -0.39 is 0 Å². The van der Waals surface area contributed by atoms with Gasteiger partial charge < -0.3 is 4.74 Å². The lowest BCUT2D eigenvalue weighted by Crippen LogP contribution is -2.18. The lowest BCUT2D eigenvalue weighted by atomic mass is 9.97. The molecule has 3 aromatic rings. The predicted octanol–water partition coefficient (Wildman–Crippen LogP) is 5.38. The van der Waals surface area contributed by atoms with Gasteiger partial charge >= 0.3 is 0 Å². The molecule has 0 radical (unpaired) electrons. The average molecular weight is 378 g/mol. The summed E-state index contributed by atoms with van der Waals surface area (Å²) in [6.45, 7) is 4.20. The Morgan fingerprint density at radius 2 is 1.85 bits per heavy atom. The van der Waals surface area contributed by atoms with E-state index in [-0.39, 0.29) is 6.04 Å². The van der Waals surface area contributed by atoms with Crippen molar-refractivity contribution in [2.45, 2.75) is 32.7 Å². The number of rotatable bonds is 5. The molecule has 2 heterocycles. The Balaban J connectivity index is 1.69. The number of thiazole rings is 1. The number of nitrogens with zero attached hydrogens (tertiary/aromatic N) is 3. The van der Waals surface area contributed by atoms with E-state index >= 15 is 0 Å². The minimum atomic E-state index is 0.165. The quantitative estimate of drug-likeness (QED) is 0.599. The van der Waals surface area contributed by atoms with Gasteiger partial charge in [-0.3, -0.25) is 0 Å². The molecule has 1 atom stereocenters. The van der Waals surface area contributed by atoms with Crippen LogP contribution in [-0.2, 0) is 6.42 Å². The van der Waals surface area contributed by atoms with E-state index in [1.807, 2.05) is 19.1 Å². The SMILES string of the molecule is CCc1ccc(C2CC(c3ccc(OC)cc3)=NN2c2nc(C)cs2)cc1. The second-order valence-electron chi connectivity index (χ2n) is 6.71. The highest BCUT2D eigenvalue weighted by atomic mass is 32.1. The third kappa shape index (κ3) is 3.60. The Hall–Kier alpha value is -2.66. The van der Waals surface area contributed by atoms with Gasteiger partial charge in [0, 0.05) is 11.8 Å². The molecule has 27 heavy (non-hydrogen) atoms. The largest absolute Gasteiger partial charge is 0.497 e. The normalized spacial score (nSPS) is 16.5. The van der Waals surface area contributed by atoms with Crippen LogP contribution in [0.2, 0.25) is 0 Å². The summed E-state index contributed by atoms with van der Waals surface area (Å²) in [6.07, 6.45) is 1.91. The minimum absolute atomic E-state index is 0.165. The number of methoxy groups -OCH3 is 1. The maximum Gasteiger partial charge on any atom is 0.206 e. The van der Waals surface area contributed by atoms with Gasteiger partial charge in [-0.15, -0.1) is 11.3 Å². The van der Waals surface area contributed by atoms with Crippen molar-refractivity contribution in [3.63, 3.8) is 0 Å². The molecule has 0 amide bonds. The van der Waals surface area contributed by atoms with Crippen molar-refractivity contribution in [3.05, 3.63) is 76.3 Å². The highest BCUT2D eigenvalue weighted by molar-refractivity contribution is 7.13. The first-order chi connectivity index (χ1) is 13.2. The zero-order valence-corrected chi connectivity index (χ0v) is 16.7. The molecule has 1 aliphatic rings. The Morgan fingerprint density at radius 1 is 1.11 bits per heavy atom. The van der Waals surface area contributed by atoms with Gasteiger partial charge in [0.05, 0.1) is 24.6 Å². The van der Waals surface area contributed by atoms with E-state index in [2.05, 4.69) is 58.7 Å². The van der Waals surface area contributed by atoms with Crippen molar-refractivity contribution in [2.24, 2.45) is 5.10 Å². The Bertz CT molecular complexity index is 944. The molecule has 0 saturated carbocycles. The van der Waals surface area contributed by atoms with Crippen LogP contribution in [0.25, 0.3) is 0 Å². The maximum atomic E-state index is 5.28. The molecule has 1 aromatic heterocycles. The number of hydrogen-bond donors (Lipinski definition) is 0. The summed E-state index contributed by atoms with van der Waals surface area (Å²) < 4.78 is 5.28. The Morgan fingerprint density at radius 3 is 2.44 bits per heavy atom. The number of anilines is 1. The van der Waals surface area contributed by atoms with E-state index in [9.17, 15) is 0 Å². The van der Waals surface area contributed by atoms with Crippen LogP contribution in [0.1, 0.15) is 41.8 Å². The third-order valence-corrected chi connectivity index (χ3v) is 5.86. The summed E-state index contributed by atoms with van der Waals surface area (Å²) in [5, 5.41) is 10.1. The maximum absolute atomic E-state index is 5.28. The molecule has 0 aliphatic carbocycles. The summed E-state index contributed by atoms with van der Waals surface area (Å²) in [5.74, 6) is 0.858. The molecule has 138 valence electrons. The topological polar surface area (TPSA) is 37.7 Å². The van der Waals surface area contributed by atoms with E-state index in [4.69, 9.17) is 9.84 Å². The molecule has 4 nitrogen and oxygen atoms in total. The van der Waals surface area contributed by atoms with Gasteiger partial charge in [-0.2, -0.15) is 5.10 Å². The van der Waals surface area contributed by atoms with Crippen LogP contribution >= 0.6 is 11.3 Å². The summed E-state index contributed by atoms with van der Waals surface area (Å²) in [6, 6.07) is 17.2. The van der Waals surface area contributed by atoms with Gasteiger partial charge in [-0.05, 0) is 54.3 Å². The smallest absolute Gasteiger partial charge is 0.206 e. The van der Waals surface area contributed by atoms with Crippen LogP contribution in [0.3, 0.4) is 0 Å². The van der Waals surface area contributed by atoms with Gasteiger partial charge in [0.15, 0.2) is 0 Å². The minimum Gasteiger partial charge on any atom is -0.497 e. The van der Waals surface area contributed by atoms with Crippen LogP contribution in [-0.4, -0.2) is 17.8 Å². The summed E-state index contributed by atoms with van der Waals surface area (Å²) in [4.78, 5) is 4.68. The van der Waals surface area contributed by atoms with Gasteiger partial charge in [0.1, 0.15) is 5.75 Å². The second-order valence-corrected chi connectivity index (χ2v) is 7.54. The number of hydrogen-bond acceptors (Lipinski definition) is 5. The van der Waals surface area contributed by atoms with Crippen LogP contribution in [0, 0.1) is 6.92 Å². The Labute approximate surface area is 164 Å². The van der Waals surface area contributed by atoms with Crippen LogP contribution in [0.4, 0.5) is 5.13 Å². The highest BCUT2D eigenvalue weighted by Gasteiger charge is 2.31. The third-order valence-electron chi connectivity index (χ3n) is 4.91. The fraction of sp³-hybridized carbons (Fsp3) is 0.273. The first kappa shape index (κ1) is 17.7. The van der Waals surface area contributed by atoms with Crippen molar-refractivity contribution in [2.75, 3.05) is 12.1 Å². The molecule has 1 aliphatic heterocycles. The molecule has 0 N–H and O–H groups in total. The first-order valence-corrected chi connectivity index (χ1v) is 10.1. The predicted molar refractivity (Wildman–Crippen MR) is 112 cm³/mol.